The summed E-state index contributed by atoms with van der Waals surface area (Å²) < 4.78 is 3.99. The van der Waals surface area contributed by atoms with E-state index in [4.69, 9.17) is 4.98 Å². The van der Waals surface area contributed by atoms with E-state index in [0.29, 0.717) is 11.8 Å². The van der Waals surface area contributed by atoms with Crippen LogP contribution in [0.2, 0.25) is 0 Å². The number of aliphatic hydroxyl groups is 1. The Morgan fingerprint density at radius 2 is 2.10 bits per heavy atom. The largest absolute Gasteiger partial charge is 0.396 e. The lowest BCUT2D eigenvalue weighted by Gasteiger charge is -2.30. The van der Waals surface area contributed by atoms with Gasteiger partial charge < -0.3 is 10.4 Å². The highest BCUT2D eigenvalue weighted by molar-refractivity contribution is 5.54. The summed E-state index contributed by atoms with van der Waals surface area (Å²) in [7, 11) is 2.04. The summed E-state index contributed by atoms with van der Waals surface area (Å²) in [6.45, 7) is 3.17. The smallest absolute Gasteiger partial charge is 0.173 e. The molecule has 1 aliphatic rings. The Kier molecular flexibility index (Phi) is 6.09. The summed E-state index contributed by atoms with van der Waals surface area (Å²) in [5.74, 6) is 1.89. The number of aromatic nitrogens is 4. The number of aliphatic hydroxyl groups excluding tert-OH is 1. The van der Waals surface area contributed by atoms with E-state index in [9.17, 15) is 5.11 Å². The average Bonchev–Trinajstić information content (AvgIpc) is 3.15. The van der Waals surface area contributed by atoms with Crippen LogP contribution in [-0.2, 0) is 26.4 Å². The number of anilines is 1. The molecule has 2 N–H and O–H groups in total. The molecule has 0 spiro atoms. The van der Waals surface area contributed by atoms with Crippen LogP contribution in [-0.4, -0.2) is 26.3 Å². The predicted molar refractivity (Wildman–Crippen MR) is 114 cm³/mol. The zero-order valence-electron chi connectivity index (χ0n) is 17.5. The van der Waals surface area contributed by atoms with Gasteiger partial charge in [0.2, 0.25) is 0 Å². The van der Waals surface area contributed by atoms with Crippen molar-refractivity contribution in [2.45, 2.75) is 52.0 Å². The molecule has 1 saturated carbocycles. The molecule has 0 saturated heterocycles. The number of rotatable bonds is 7. The zero-order valence-corrected chi connectivity index (χ0v) is 17.5. The van der Waals surface area contributed by atoms with Gasteiger partial charge in [-0.05, 0) is 43.6 Å². The molecule has 1 fully saturated rings. The van der Waals surface area contributed by atoms with Gasteiger partial charge in [0.15, 0.2) is 18.0 Å². The van der Waals surface area contributed by atoms with Crippen molar-refractivity contribution < 1.29 is 9.67 Å². The van der Waals surface area contributed by atoms with Crippen LogP contribution in [0.25, 0.3) is 5.65 Å². The molecule has 3 aromatic heterocycles. The Morgan fingerprint density at radius 3 is 2.86 bits per heavy atom. The van der Waals surface area contributed by atoms with Crippen molar-refractivity contribution in [3.05, 3.63) is 53.6 Å². The molecule has 0 aliphatic heterocycles. The number of pyridine rings is 1. The maximum Gasteiger partial charge on any atom is 0.173 e. The second kappa shape index (κ2) is 8.91. The van der Waals surface area contributed by atoms with Gasteiger partial charge in [-0.1, -0.05) is 19.8 Å². The monoisotopic (exact) mass is 394 g/mol. The van der Waals surface area contributed by atoms with Crippen molar-refractivity contribution in [2.24, 2.45) is 18.9 Å². The second-order valence-electron chi connectivity index (χ2n) is 8.31. The van der Waals surface area contributed by atoms with E-state index in [-0.39, 0.29) is 6.61 Å². The summed E-state index contributed by atoms with van der Waals surface area (Å²) in [5, 5.41) is 18.0. The topological polar surface area (TPSA) is 66.3 Å². The highest BCUT2D eigenvalue weighted by Gasteiger charge is 2.25. The Balaban J connectivity index is 1.62. The van der Waals surface area contributed by atoms with Crippen molar-refractivity contribution in [2.75, 3.05) is 11.9 Å². The van der Waals surface area contributed by atoms with E-state index < -0.39 is 0 Å². The van der Waals surface area contributed by atoms with Gasteiger partial charge in [-0.2, -0.15) is 9.61 Å². The molecule has 29 heavy (non-hydrogen) atoms. The van der Waals surface area contributed by atoms with Crippen molar-refractivity contribution in [1.82, 2.24) is 14.6 Å². The molecule has 0 unspecified atom stereocenters. The number of nitrogens with one attached hydrogen (secondary N) is 1. The van der Waals surface area contributed by atoms with Gasteiger partial charge >= 0.3 is 0 Å². The van der Waals surface area contributed by atoms with E-state index in [1.165, 1.54) is 30.4 Å². The lowest BCUT2D eigenvalue weighted by Crippen LogP contribution is -2.27. The van der Waals surface area contributed by atoms with Gasteiger partial charge in [-0.3, -0.25) is 0 Å². The van der Waals surface area contributed by atoms with Crippen LogP contribution in [0, 0.1) is 11.8 Å². The first kappa shape index (κ1) is 19.8. The number of fused-ring (bicyclic) bond motifs is 1. The first-order valence-electron chi connectivity index (χ1n) is 10.8. The quantitative estimate of drug-likeness (QED) is 0.605. The van der Waals surface area contributed by atoms with E-state index in [0.717, 1.165) is 43.0 Å². The van der Waals surface area contributed by atoms with Crippen molar-refractivity contribution >= 4 is 11.5 Å². The summed E-state index contributed by atoms with van der Waals surface area (Å²) in [4.78, 5) is 4.97. The third-order valence-corrected chi connectivity index (χ3v) is 6.23. The molecule has 3 heterocycles. The summed E-state index contributed by atoms with van der Waals surface area (Å²) in [6.07, 6.45) is 12.7. The number of hydrogen-bond acceptors (Lipinski definition) is 4. The van der Waals surface area contributed by atoms with Gasteiger partial charge in [0.1, 0.15) is 12.9 Å². The molecule has 154 valence electrons. The Labute approximate surface area is 172 Å². The van der Waals surface area contributed by atoms with Crippen molar-refractivity contribution in [3.63, 3.8) is 0 Å². The lowest BCUT2D eigenvalue weighted by atomic mass is 9.77. The van der Waals surface area contributed by atoms with Gasteiger partial charge in [0, 0.05) is 42.1 Å². The maximum absolute atomic E-state index is 9.80. The number of nitrogens with zero attached hydrogens (tertiary/aromatic N) is 4. The zero-order chi connectivity index (χ0) is 20.2. The number of hydrogen-bond donors (Lipinski definition) is 2. The highest BCUT2D eigenvalue weighted by atomic mass is 16.3. The second-order valence-corrected chi connectivity index (χ2v) is 8.31. The molecular formula is C23H32N5O+. The maximum atomic E-state index is 9.80. The normalized spacial score (nSPS) is 19.6. The molecule has 0 amide bonds. The van der Waals surface area contributed by atoms with Gasteiger partial charge in [0.25, 0.3) is 0 Å². The van der Waals surface area contributed by atoms with E-state index in [1.807, 2.05) is 24.0 Å². The number of aryl methyl sites for hydroxylation is 2. The molecule has 2 atom stereocenters. The third-order valence-electron chi connectivity index (χ3n) is 6.23. The molecule has 6 heteroatoms. The van der Waals surface area contributed by atoms with E-state index in [1.54, 1.807) is 0 Å². The summed E-state index contributed by atoms with van der Waals surface area (Å²) in [6, 6.07) is 6.33. The molecule has 0 aromatic carbocycles. The van der Waals surface area contributed by atoms with Gasteiger partial charge in [-0.25, -0.2) is 9.55 Å². The molecular weight excluding hydrogens is 362 g/mol. The fourth-order valence-electron chi connectivity index (χ4n) is 4.55. The van der Waals surface area contributed by atoms with Crippen LogP contribution >= 0.6 is 0 Å². The van der Waals surface area contributed by atoms with E-state index >= 15 is 0 Å². The van der Waals surface area contributed by atoms with Crippen LogP contribution in [0.1, 0.15) is 49.4 Å². The highest BCUT2D eigenvalue weighted by Crippen LogP contribution is 2.32. The predicted octanol–water partition coefficient (Wildman–Crippen LogP) is 3.07. The van der Waals surface area contributed by atoms with Crippen LogP contribution in [0.15, 0.2) is 36.8 Å². The summed E-state index contributed by atoms with van der Waals surface area (Å²) >= 11 is 0. The molecule has 1 aliphatic carbocycles. The third kappa shape index (κ3) is 4.42. The van der Waals surface area contributed by atoms with Gasteiger partial charge in [0.05, 0.1) is 6.20 Å². The van der Waals surface area contributed by atoms with Crippen LogP contribution in [0.4, 0.5) is 5.82 Å². The lowest BCUT2D eigenvalue weighted by molar-refractivity contribution is -0.671. The first-order valence-corrected chi connectivity index (χ1v) is 10.8. The molecule has 0 radical (unpaired) electrons. The summed E-state index contributed by atoms with van der Waals surface area (Å²) in [5.41, 5.74) is 4.43. The van der Waals surface area contributed by atoms with Crippen LogP contribution in [0.3, 0.4) is 0 Å². The fourth-order valence-corrected chi connectivity index (χ4v) is 4.55. The standard InChI is InChI=1S/C23H32N5O/c1-3-18-14-25-28-22(24-13-17-7-6-10-27(2)15-17)12-21(26-23(18)28)11-19-8-4-5-9-20(19)16-29/h6-7,10,12,14-15,19-20,24,29H,3-5,8-9,11,13,16H2,1-2H3/q+1/t19-,20+/m1/s1. The fraction of sp³-hybridized carbons (Fsp3) is 0.522. The Hall–Kier alpha value is -2.47. The Bertz CT molecular complexity index is 967. The minimum Gasteiger partial charge on any atom is -0.396 e. The van der Waals surface area contributed by atoms with Gasteiger partial charge in [-0.15, -0.1) is 0 Å². The van der Waals surface area contributed by atoms with Crippen LogP contribution in [0.5, 0.6) is 0 Å². The molecule has 3 aromatic rings. The first-order chi connectivity index (χ1) is 14.2. The molecule has 6 nitrogen and oxygen atoms in total. The molecule has 4 rings (SSSR count). The Morgan fingerprint density at radius 1 is 1.28 bits per heavy atom. The minimum absolute atomic E-state index is 0.288. The minimum atomic E-state index is 0.288. The van der Waals surface area contributed by atoms with Crippen molar-refractivity contribution in [1.29, 1.82) is 0 Å². The molecule has 0 bridgehead atoms. The van der Waals surface area contributed by atoms with Crippen molar-refractivity contribution in [3.8, 4) is 0 Å². The van der Waals surface area contributed by atoms with E-state index in [2.05, 4.69) is 46.3 Å². The van der Waals surface area contributed by atoms with Crippen LogP contribution < -0.4 is 9.88 Å². The SMILES string of the molecule is CCc1cnn2c(NCc3ccc[n+](C)c3)cc(C[C@H]3CCCC[C@H]3CO)nc12. The average molecular weight is 395 g/mol.